The fraction of sp³-hybridized carbons (Fsp3) is 0.788. The standard InChI is InChI=1S/C33H57N7O8S/c1-21(2)29(32(47)34-3)39-31(46)22(16-17-28(44)45)37-27(43)15-7-5-11-19-35-25(41)13-6-4-10-18-36-26(42)14-9-8-12-24-30-23(20-49-24)38-33(48)40-30/h21-24,29-30H,4-20H2,1-3H3,(H,34,47)(H,35,41)(H,36,42)(H,37,43)(H,39,46)(H,44,45)(H2,38,40,48). The van der Waals surface area contributed by atoms with E-state index in [1.165, 1.54) is 7.05 Å². The second-order valence-corrected chi connectivity index (χ2v) is 14.4. The van der Waals surface area contributed by atoms with Crippen LogP contribution in [0.5, 0.6) is 0 Å². The van der Waals surface area contributed by atoms with Crippen LogP contribution < -0.4 is 37.2 Å². The first-order valence-corrected chi connectivity index (χ1v) is 18.7. The van der Waals surface area contributed by atoms with Gasteiger partial charge in [-0.25, -0.2) is 4.79 Å². The number of carbonyl (C=O) groups excluding carboxylic acids is 6. The van der Waals surface area contributed by atoms with Gasteiger partial charge in [0.05, 0.1) is 12.1 Å². The molecule has 7 amide bonds. The van der Waals surface area contributed by atoms with E-state index in [-0.39, 0.29) is 66.9 Å². The summed E-state index contributed by atoms with van der Waals surface area (Å²) in [4.78, 5) is 84.2. The molecule has 16 heteroatoms. The average Bonchev–Trinajstić information content (AvgIpc) is 3.61. The minimum Gasteiger partial charge on any atom is -0.481 e. The highest BCUT2D eigenvalue weighted by Gasteiger charge is 2.42. The van der Waals surface area contributed by atoms with Crippen molar-refractivity contribution >= 4 is 53.3 Å². The van der Waals surface area contributed by atoms with Crippen molar-refractivity contribution in [2.45, 2.75) is 133 Å². The maximum absolute atomic E-state index is 12.8. The van der Waals surface area contributed by atoms with Crippen LogP contribution in [0.1, 0.15) is 104 Å². The van der Waals surface area contributed by atoms with Crippen molar-refractivity contribution in [2.75, 3.05) is 25.9 Å². The topological polar surface area (TPSA) is 224 Å². The van der Waals surface area contributed by atoms with Gasteiger partial charge in [0.1, 0.15) is 12.1 Å². The van der Waals surface area contributed by atoms with Crippen molar-refractivity contribution in [1.29, 1.82) is 0 Å². The number of unbranched alkanes of at least 4 members (excludes halogenated alkanes) is 5. The molecule has 5 atom stereocenters. The van der Waals surface area contributed by atoms with E-state index >= 15 is 0 Å². The van der Waals surface area contributed by atoms with Crippen molar-refractivity contribution in [3.05, 3.63) is 0 Å². The van der Waals surface area contributed by atoms with Crippen LogP contribution in [-0.2, 0) is 28.8 Å². The molecule has 0 aromatic rings. The number of fused-ring (bicyclic) bond motifs is 1. The molecule has 278 valence electrons. The van der Waals surface area contributed by atoms with Gasteiger partial charge < -0.3 is 42.3 Å². The van der Waals surface area contributed by atoms with Gasteiger partial charge in [-0.05, 0) is 50.9 Å². The van der Waals surface area contributed by atoms with Gasteiger partial charge in [0.15, 0.2) is 0 Å². The predicted octanol–water partition coefficient (Wildman–Crippen LogP) is 1.30. The molecule has 5 unspecified atom stereocenters. The number of aliphatic carboxylic acids is 1. The molecule has 0 aromatic carbocycles. The minimum absolute atomic E-state index is 0.0368. The summed E-state index contributed by atoms with van der Waals surface area (Å²) in [6, 6.07) is -1.55. The Morgan fingerprint density at radius 1 is 0.776 bits per heavy atom. The number of amides is 7. The lowest BCUT2D eigenvalue weighted by atomic mass is 10.0. The van der Waals surface area contributed by atoms with Crippen LogP contribution in [-0.4, -0.2) is 102 Å². The Morgan fingerprint density at radius 2 is 1.37 bits per heavy atom. The second kappa shape index (κ2) is 23.0. The van der Waals surface area contributed by atoms with Gasteiger partial charge in [0.25, 0.3) is 0 Å². The molecule has 8 N–H and O–H groups in total. The molecule has 0 spiro atoms. The van der Waals surface area contributed by atoms with Gasteiger partial charge in [-0.3, -0.25) is 28.8 Å². The van der Waals surface area contributed by atoms with Crippen LogP contribution in [0.25, 0.3) is 0 Å². The number of rotatable bonds is 25. The molecule has 2 fully saturated rings. The third kappa shape index (κ3) is 16.6. The first-order chi connectivity index (χ1) is 23.4. The normalized spacial score (nSPS) is 19.2. The molecule has 15 nitrogen and oxygen atoms in total. The molecule has 2 rings (SSSR count). The van der Waals surface area contributed by atoms with E-state index in [9.17, 15) is 33.6 Å². The summed E-state index contributed by atoms with van der Waals surface area (Å²) in [6.45, 7) is 4.62. The van der Waals surface area contributed by atoms with Gasteiger partial charge in [-0.15, -0.1) is 0 Å². The van der Waals surface area contributed by atoms with Crippen LogP contribution >= 0.6 is 11.8 Å². The Bertz CT molecular complexity index is 1120. The van der Waals surface area contributed by atoms with Crippen molar-refractivity contribution in [2.24, 2.45) is 5.92 Å². The molecule has 2 saturated heterocycles. The lowest BCUT2D eigenvalue weighted by Gasteiger charge is -2.24. The van der Waals surface area contributed by atoms with Crippen molar-refractivity contribution in [1.82, 2.24) is 37.2 Å². The maximum atomic E-state index is 12.8. The summed E-state index contributed by atoms with van der Waals surface area (Å²) in [5, 5.41) is 28.9. The highest BCUT2D eigenvalue weighted by molar-refractivity contribution is 8.00. The fourth-order valence-corrected chi connectivity index (χ4v) is 7.37. The smallest absolute Gasteiger partial charge is 0.315 e. The van der Waals surface area contributed by atoms with E-state index in [0.29, 0.717) is 50.4 Å². The van der Waals surface area contributed by atoms with E-state index in [1.54, 1.807) is 13.8 Å². The van der Waals surface area contributed by atoms with E-state index < -0.39 is 24.0 Å². The number of carboxylic acids is 1. The van der Waals surface area contributed by atoms with Crippen molar-refractivity contribution in [3.8, 4) is 0 Å². The molecule has 2 aliphatic rings. The molecule has 49 heavy (non-hydrogen) atoms. The molecule has 0 radical (unpaired) electrons. The zero-order valence-corrected chi connectivity index (χ0v) is 30.0. The Balaban J connectivity index is 1.47. The van der Waals surface area contributed by atoms with E-state index in [4.69, 9.17) is 5.11 Å². The largest absolute Gasteiger partial charge is 0.481 e. The third-order valence-electron chi connectivity index (χ3n) is 8.68. The van der Waals surface area contributed by atoms with Gasteiger partial charge in [-0.2, -0.15) is 11.8 Å². The van der Waals surface area contributed by atoms with E-state index in [0.717, 1.165) is 44.3 Å². The van der Waals surface area contributed by atoms with Crippen molar-refractivity contribution < 1.29 is 38.7 Å². The number of urea groups is 1. The number of thioether (sulfide) groups is 1. The monoisotopic (exact) mass is 711 g/mol. The Labute approximate surface area is 293 Å². The first-order valence-electron chi connectivity index (χ1n) is 17.7. The Morgan fingerprint density at radius 3 is 1.94 bits per heavy atom. The molecule has 0 bridgehead atoms. The SMILES string of the molecule is CNC(=O)C(NC(=O)C(CCC(=O)O)NC(=O)CCCCCNC(=O)CCCCCNC(=O)CCCCC1SCC2NC(=O)NC21)C(C)C. The lowest BCUT2D eigenvalue weighted by Crippen LogP contribution is -2.55. The Kier molecular flexibility index (Phi) is 19.5. The summed E-state index contributed by atoms with van der Waals surface area (Å²) >= 11 is 1.88. The number of likely N-dealkylation sites (N-methyl/N-ethyl adjacent to an activating group) is 1. The van der Waals surface area contributed by atoms with Gasteiger partial charge in [-0.1, -0.05) is 33.1 Å². The summed E-state index contributed by atoms with van der Waals surface area (Å²) in [5.74, 6) is -1.73. The number of hydrogen-bond acceptors (Lipinski definition) is 8. The van der Waals surface area contributed by atoms with Crippen LogP contribution in [0.4, 0.5) is 4.79 Å². The summed E-state index contributed by atoms with van der Waals surface area (Å²) in [5.41, 5.74) is 0. The zero-order valence-electron chi connectivity index (χ0n) is 29.2. The summed E-state index contributed by atoms with van der Waals surface area (Å²) in [6.07, 6.45) is 7.66. The zero-order chi connectivity index (χ0) is 36.2. The number of carbonyl (C=O) groups is 7. The summed E-state index contributed by atoms with van der Waals surface area (Å²) < 4.78 is 0. The average molecular weight is 712 g/mol. The first kappa shape index (κ1) is 41.6. The second-order valence-electron chi connectivity index (χ2n) is 13.1. The van der Waals surface area contributed by atoms with Crippen molar-refractivity contribution in [3.63, 3.8) is 0 Å². The van der Waals surface area contributed by atoms with Gasteiger partial charge in [0, 0.05) is 56.8 Å². The molecular formula is C33H57N7O8S. The lowest BCUT2D eigenvalue weighted by molar-refractivity contribution is -0.138. The van der Waals surface area contributed by atoms with Gasteiger partial charge in [0.2, 0.25) is 29.5 Å². The highest BCUT2D eigenvalue weighted by Crippen LogP contribution is 2.33. The van der Waals surface area contributed by atoms with E-state index in [1.807, 2.05) is 11.8 Å². The molecular weight excluding hydrogens is 654 g/mol. The predicted molar refractivity (Wildman–Crippen MR) is 187 cm³/mol. The van der Waals surface area contributed by atoms with Gasteiger partial charge >= 0.3 is 12.0 Å². The van der Waals surface area contributed by atoms with Crippen LogP contribution in [0.3, 0.4) is 0 Å². The number of nitrogens with one attached hydrogen (secondary N) is 7. The molecule has 0 aromatic heterocycles. The maximum Gasteiger partial charge on any atom is 0.315 e. The summed E-state index contributed by atoms with van der Waals surface area (Å²) in [7, 11) is 1.46. The molecule has 0 saturated carbocycles. The third-order valence-corrected chi connectivity index (χ3v) is 10.2. The van der Waals surface area contributed by atoms with Crippen LogP contribution in [0.15, 0.2) is 0 Å². The number of carboxylic acid groups (broad SMARTS) is 1. The fourth-order valence-electron chi connectivity index (χ4n) is 5.83. The van der Waals surface area contributed by atoms with E-state index in [2.05, 4.69) is 37.2 Å². The molecule has 2 aliphatic heterocycles. The quantitative estimate of drug-likeness (QED) is 0.0504. The Hall–Kier alpha value is -3.56. The molecule has 2 heterocycles. The van der Waals surface area contributed by atoms with Crippen LogP contribution in [0.2, 0.25) is 0 Å². The minimum atomic E-state index is -1.10. The van der Waals surface area contributed by atoms with Crippen LogP contribution in [0, 0.1) is 5.92 Å². The molecule has 0 aliphatic carbocycles. The number of hydrogen-bond donors (Lipinski definition) is 8. The highest BCUT2D eigenvalue weighted by atomic mass is 32.2.